The lowest BCUT2D eigenvalue weighted by Crippen LogP contribution is -2.33. The summed E-state index contributed by atoms with van der Waals surface area (Å²) in [6.07, 6.45) is 3.41. The average Bonchev–Trinajstić information content (AvgIpc) is 2.84. The molecule has 2 heterocycles. The van der Waals surface area contributed by atoms with Crippen molar-refractivity contribution in [1.29, 1.82) is 0 Å². The molecule has 0 unspecified atom stereocenters. The van der Waals surface area contributed by atoms with Crippen LogP contribution in [0, 0.1) is 0 Å². The lowest BCUT2D eigenvalue weighted by atomic mass is 10.3. The van der Waals surface area contributed by atoms with Crippen LogP contribution in [0.1, 0.15) is 18.4 Å². The van der Waals surface area contributed by atoms with Crippen LogP contribution in [0.5, 0.6) is 0 Å². The van der Waals surface area contributed by atoms with Crippen molar-refractivity contribution >= 4 is 16.0 Å². The highest BCUT2D eigenvalue weighted by Gasteiger charge is 2.25. The minimum Gasteiger partial charge on any atom is -0.326 e. The van der Waals surface area contributed by atoms with E-state index in [1.54, 1.807) is 18.3 Å². The predicted molar refractivity (Wildman–Crippen MR) is 65.5 cm³/mol. The largest absolute Gasteiger partial charge is 0.326 e. The van der Waals surface area contributed by atoms with E-state index < -0.39 is 10.2 Å². The second-order valence-corrected chi connectivity index (χ2v) is 5.64. The van der Waals surface area contributed by atoms with Crippen molar-refractivity contribution in [1.82, 2.24) is 9.29 Å². The van der Waals surface area contributed by atoms with Gasteiger partial charge in [0.1, 0.15) is 5.82 Å². The van der Waals surface area contributed by atoms with Gasteiger partial charge in [0, 0.05) is 25.8 Å². The molecule has 1 aromatic heterocycles. The molecule has 1 aromatic rings. The fourth-order valence-electron chi connectivity index (χ4n) is 1.73. The van der Waals surface area contributed by atoms with E-state index in [0.717, 1.165) is 18.4 Å². The number of anilines is 1. The lowest BCUT2D eigenvalue weighted by Gasteiger charge is -2.16. The summed E-state index contributed by atoms with van der Waals surface area (Å²) in [5, 5.41) is 0. The van der Waals surface area contributed by atoms with E-state index >= 15 is 0 Å². The van der Waals surface area contributed by atoms with Gasteiger partial charge in [0.05, 0.1) is 0 Å². The Morgan fingerprint density at radius 3 is 2.59 bits per heavy atom. The van der Waals surface area contributed by atoms with E-state index in [-0.39, 0.29) is 0 Å². The van der Waals surface area contributed by atoms with Gasteiger partial charge in [-0.15, -0.1) is 0 Å². The molecule has 0 spiro atoms. The van der Waals surface area contributed by atoms with Crippen LogP contribution < -0.4 is 10.5 Å². The zero-order chi connectivity index (χ0) is 12.3. The molecule has 0 bridgehead atoms. The van der Waals surface area contributed by atoms with Crippen LogP contribution in [0.4, 0.5) is 5.82 Å². The third-order valence-electron chi connectivity index (χ3n) is 2.70. The van der Waals surface area contributed by atoms with E-state index in [1.807, 2.05) is 0 Å². The number of pyridine rings is 1. The molecule has 0 aromatic carbocycles. The number of rotatable bonds is 4. The van der Waals surface area contributed by atoms with Crippen molar-refractivity contribution in [3.05, 3.63) is 23.9 Å². The fraction of sp³-hybridized carbons (Fsp3) is 0.500. The van der Waals surface area contributed by atoms with Crippen LogP contribution in [0.25, 0.3) is 0 Å². The molecule has 0 saturated carbocycles. The number of nitrogens with two attached hydrogens (primary N) is 1. The molecule has 0 radical (unpaired) electrons. The standard InChI is InChI=1S/C10H16N4O2S/c11-7-9-3-4-10(12-8-9)13-17(15,16)14-5-1-2-6-14/h3-4,8H,1-2,5-7,11H2,(H,12,13). The first-order chi connectivity index (χ1) is 8.12. The van der Waals surface area contributed by atoms with Gasteiger partial charge in [0.2, 0.25) is 0 Å². The molecule has 17 heavy (non-hydrogen) atoms. The topological polar surface area (TPSA) is 88.3 Å². The molecule has 7 heteroatoms. The molecule has 1 saturated heterocycles. The average molecular weight is 256 g/mol. The second-order valence-electron chi connectivity index (χ2n) is 3.97. The first-order valence-corrected chi connectivity index (χ1v) is 6.99. The zero-order valence-electron chi connectivity index (χ0n) is 9.46. The molecule has 3 N–H and O–H groups in total. The minimum atomic E-state index is -3.44. The second kappa shape index (κ2) is 4.99. The summed E-state index contributed by atoms with van der Waals surface area (Å²) < 4.78 is 27.7. The van der Waals surface area contributed by atoms with Gasteiger partial charge in [-0.05, 0) is 24.5 Å². The normalized spacial score (nSPS) is 17.2. The molecule has 0 atom stereocenters. The summed E-state index contributed by atoms with van der Waals surface area (Å²) in [6, 6.07) is 3.38. The van der Waals surface area contributed by atoms with E-state index in [4.69, 9.17) is 5.73 Å². The first-order valence-electron chi connectivity index (χ1n) is 5.55. The van der Waals surface area contributed by atoms with Gasteiger partial charge in [0.25, 0.3) is 0 Å². The van der Waals surface area contributed by atoms with Gasteiger partial charge in [0.15, 0.2) is 0 Å². The number of hydrogen-bond donors (Lipinski definition) is 2. The summed E-state index contributed by atoms with van der Waals surface area (Å²) in [5.41, 5.74) is 6.31. The molecule has 0 aliphatic carbocycles. The minimum absolute atomic E-state index is 0.328. The Hall–Kier alpha value is -1.18. The van der Waals surface area contributed by atoms with E-state index in [2.05, 4.69) is 9.71 Å². The molecule has 94 valence electrons. The van der Waals surface area contributed by atoms with Gasteiger partial charge < -0.3 is 5.73 Å². The van der Waals surface area contributed by atoms with Crippen molar-refractivity contribution in [2.75, 3.05) is 17.8 Å². The lowest BCUT2D eigenvalue weighted by molar-refractivity contribution is 0.482. The maximum absolute atomic E-state index is 11.9. The van der Waals surface area contributed by atoms with Gasteiger partial charge in [-0.1, -0.05) is 6.07 Å². The Kier molecular flexibility index (Phi) is 3.60. The third kappa shape index (κ3) is 2.93. The van der Waals surface area contributed by atoms with Crippen LogP contribution in [0.15, 0.2) is 18.3 Å². The zero-order valence-corrected chi connectivity index (χ0v) is 10.3. The number of nitrogens with zero attached hydrogens (tertiary/aromatic N) is 2. The molecule has 1 aliphatic rings. The van der Waals surface area contributed by atoms with Crippen molar-refractivity contribution in [3.8, 4) is 0 Å². The third-order valence-corrected chi connectivity index (χ3v) is 4.21. The summed E-state index contributed by atoms with van der Waals surface area (Å²) in [4.78, 5) is 4.01. The maximum Gasteiger partial charge on any atom is 0.302 e. The van der Waals surface area contributed by atoms with Crippen molar-refractivity contribution in [3.63, 3.8) is 0 Å². The SMILES string of the molecule is NCc1ccc(NS(=O)(=O)N2CCCC2)nc1. The van der Waals surface area contributed by atoms with Crippen molar-refractivity contribution in [2.45, 2.75) is 19.4 Å². The van der Waals surface area contributed by atoms with Crippen LogP contribution in [-0.4, -0.2) is 30.8 Å². The molecular formula is C10H16N4O2S. The maximum atomic E-state index is 11.9. The summed E-state index contributed by atoms with van der Waals surface area (Å²) >= 11 is 0. The van der Waals surface area contributed by atoms with Gasteiger partial charge >= 0.3 is 10.2 Å². The van der Waals surface area contributed by atoms with Crippen LogP contribution in [-0.2, 0) is 16.8 Å². The number of hydrogen-bond acceptors (Lipinski definition) is 4. The van der Waals surface area contributed by atoms with Gasteiger partial charge in [-0.2, -0.15) is 12.7 Å². The predicted octanol–water partition coefficient (Wildman–Crippen LogP) is 0.293. The highest BCUT2D eigenvalue weighted by Crippen LogP contribution is 2.15. The van der Waals surface area contributed by atoms with Gasteiger partial charge in [-0.25, -0.2) is 4.98 Å². The van der Waals surface area contributed by atoms with Crippen molar-refractivity contribution < 1.29 is 8.42 Å². The quantitative estimate of drug-likeness (QED) is 0.810. The fourth-order valence-corrected chi connectivity index (χ4v) is 2.98. The van der Waals surface area contributed by atoms with Crippen LogP contribution >= 0.6 is 0 Å². The number of nitrogens with one attached hydrogen (secondary N) is 1. The Labute approximate surface area is 101 Å². The van der Waals surface area contributed by atoms with E-state index in [0.29, 0.717) is 25.5 Å². The van der Waals surface area contributed by atoms with E-state index in [9.17, 15) is 8.42 Å². The summed E-state index contributed by atoms with van der Waals surface area (Å²) in [7, 11) is -3.44. The summed E-state index contributed by atoms with van der Waals surface area (Å²) in [5.74, 6) is 0.328. The van der Waals surface area contributed by atoms with Crippen LogP contribution in [0.3, 0.4) is 0 Å². The Morgan fingerprint density at radius 2 is 2.06 bits per heavy atom. The Morgan fingerprint density at radius 1 is 1.35 bits per heavy atom. The molecular weight excluding hydrogens is 240 g/mol. The smallest absolute Gasteiger partial charge is 0.302 e. The molecule has 0 amide bonds. The molecule has 1 fully saturated rings. The van der Waals surface area contributed by atoms with E-state index in [1.165, 1.54) is 4.31 Å². The Balaban J connectivity index is 2.08. The molecule has 2 rings (SSSR count). The molecule has 1 aliphatic heterocycles. The first kappa shape index (κ1) is 12.3. The monoisotopic (exact) mass is 256 g/mol. The number of aromatic nitrogens is 1. The molecule has 6 nitrogen and oxygen atoms in total. The van der Waals surface area contributed by atoms with Gasteiger partial charge in [-0.3, -0.25) is 4.72 Å². The highest BCUT2D eigenvalue weighted by molar-refractivity contribution is 7.90. The summed E-state index contributed by atoms with van der Waals surface area (Å²) in [6.45, 7) is 1.55. The van der Waals surface area contributed by atoms with Crippen LogP contribution in [0.2, 0.25) is 0 Å². The Bertz CT molecular complexity index is 466. The highest BCUT2D eigenvalue weighted by atomic mass is 32.2. The van der Waals surface area contributed by atoms with Crippen molar-refractivity contribution in [2.24, 2.45) is 5.73 Å².